The van der Waals surface area contributed by atoms with Crippen molar-refractivity contribution in [2.45, 2.75) is 17.6 Å². The minimum Gasteiger partial charge on any atom is -0.121 e. The minimum atomic E-state index is 1.03. The largest absolute Gasteiger partial charge is 0.121 e. The van der Waals surface area contributed by atoms with Crippen molar-refractivity contribution in [1.29, 1.82) is 0 Å². The molecule has 0 saturated carbocycles. The Balaban J connectivity index is 2.08. The third-order valence-electron chi connectivity index (χ3n) is 2.39. The van der Waals surface area contributed by atoms with Crippen molar-refractivity contribution in [1.82, 2.24) is 0 Å². The van der Waals surface area contributed by atoms with Crippen LogP contribution in [0.25, 0.3) is 0 Å². The van der Waals surface area contributed by atoms with Crippen molar-refractivity contribution in [2.75, 3.05) is 0 Å². The van der Waals surface area contributed by atoms with Gasteiger partial charge in [-0.25, -0.2) is 0 Å². The molecule has 0 nitrogen and oxygen atoms in total. The van der Waals surface area contributed by atoms with Gasteiger partial charge in [0.25, 0.3) is 0 Å². The fourth-order valence-corrected chi connectivity index (χ4v) is 3.00. The number of hydrogen-bond acceptors (Lipinski definition) is 1. The molecule has 0 aromatic heterocycles. The summed E-state index contributed by atoms with van der Waals surface area (Å²) in [6.07, 6.45) is 0. The molecule has 2 aromatic rings. The van der Waals surface area contributed by atoms with Crippen molar-refractivity contribution in [3.63, 3.8) is 0 Å². The van der Waals surface area contributed by atoms with Gasteiger partial charge in [-0.2, -0.15) is 0 Å². The molecular formula is C14H13BrS. The Hall–Kier alpha value is -0.730. The van der Waals surface area contributed by atoms with Gasteiger partial charge < -0.3 is 0 Å². The van der Waals surface area contributed by atoms with E-state index in [9.17, 15) is 0 Å². The highest BCUT2D eigenvalue weighted by atomic mass is 79.9. The van der Waals surface area contributed by atoms with E-state index in [1.807, 2.05) is 11.8 Å². The SMILES string of the molecule is Cc1ccc(Br)cc1SCc1ccccc1. The topological polar surface area (TPSA) is 0 Å². The summed E-state index contributed by atoms with van der Waals surface area (Å²) in [5.41, 5.74) is 2.70. The Morgan fingerprint density at radius 1 is 1.06 bits per heavy atom. The van der Waals surface area contributed by atoms with E-state index >= 15 is 0 Å². The van der Waals surface area contributed by atoms with Gasteiger partial charge in [0.1, 0.15) is 0 Å². The highest BCUT2D eigenvalue weighted by Crippen LogP contribution is 2.28. The average molecular weight is 293 g/mol. The average Bonchev–Trinajstić information content (AvgIpc) is 2.32. The van der Waals surface area contributed by atoms with Crippen molar-refractivity contribution in [2.24, 2.45) is 0 Å². The second-order valence-corrected chi connectivity index (χ2v) is 5.62. The summed E-state index contributed by atoms with van der Waals surface area (Å²) in [6, 6.07) is 17.0. The molecule has 0 saturated heterocycles. The van der Waals surface area contributed by atoms with Crippen LogP contribution in [-0.4, -0.2) is 0 Å². The zero-order chi connectivity index (χ0) is 11.4. The van der Waals surface area contributed by atoms with Crippen LogP contribution in [-0.2, 0) is 5.75 Å². The van der Waals surface area contributed by atoms with Crippen molar-refractivity contribution in [3.05, 3.63) is 64.1 Å². The fraction of sp³-hybridized carbons (Fsp3) is 0.143. The summed E-state index contributed by atoms with van der Waals surface area (Å²) < 4.78 is 1.15. The molecule has 0 fully saturated rings. The van der Waals surface area contributed by atoms with Gasteiger partial charge in [0.15, 0.2) is 0 Å². The molecule has 0 aliphatic rings. The van der Waals surface area contributed by atoms with Crippen LogP contribution in [0, 0.1) is 6.92 Å². The third-order valence-corrected chi connectivity index (χ3v) is 4.11. The number of thioether (sulfide) groups is 1. The summed E-state index contributed by atoms with van der Waals surface area (Å²) in [5.74, 6) is 1.03. The second kappa shape index (κ2) is 5.55. The molecule has 0 aliphatic heterocycles. The molecule has 82 valence electrons. The van der Waals surface area contributed by atoms with Crippen LogP contribution in [0.3, 0.4) is 0 Å². The van der Waals surface area contributed by atoms with Gasteiger partial charge in [-0.05, 0) is 30.2 Å². The number of benzene rings is 2. The first-order chi connectivity index (χ1) is 7.75. The number of aryl methyl sites for hydroxylation is 1. The maximum Gasteiger partial charge on any atom is 0.0232 e. The first-order valence-electron chi connectivity index (χ1n) is 5.18. The highest BCUT2D eigenvalue weighted by Gasteiger charge is 2.00. The quantitative estimate of drug-likeness (QED) is 0.714. The first kappa shape index (κ1) is 11.7. The van der Waals surface area contributed by atoms with Crippen LogP contribution in [0.2, 0.25) is 0 Å². The summed E-state index contributed by atoms with van der Waals surface area (Å²) in [5, 5.41) is 0. The fourth-order valence-electron chi connectivity index (χ4n) is 1.46. The van der Waals surface area contributed by atoms with E-state index in [1.54, 1.807) is 0 Å². The molecular weight excluding hydrogens is 280 g/mol. The standard InChI is InChI=1S/C14H13BrS/c1-11-7-8-13(15)9-14(11)16-10-12-5-3-2-4-6-12/h2-9H,10H2,1H3. The van der Waals surface area contributed by atoms with Gasteiger partial charge >= 0.3 is 0 Å². The molecule has 16 heavy (non-hydrogen) atoms. The Bertz CT molecular complexity index is 465. The van der Waals surface area contributed by atoms with Crippen molar-refractivity contribution in [3.8, 4) is 0 Å². The number of rotatable bonds is 3. The zero-order valence-corrected chi connectivity index (χ0v) is 11.5. The molecule has 0 radical (unpaired) electrons. The summed E-state index contributed by atoms with van der Waals surface area (Å²) in [7, 11) is 0. The molecule has 2 heteroatoms. The van der Waals surface area contributed by atoms with Crippen molar-refractivity contribution >= 4 is 27.7 Å². The van der Waals surface area contributed by atoms with E-state index in [0.717, 1.165) is 10.2 Å². The summed E-state index contributed by atoms with van der Waals surface area (Å²) >= 11 is 5.39. The maximum atomic E-state index is 3.51. The van der Waals surface area contributed by atoms with Crippen LogP contribution < -0.4 is 0 Å². The lowest BCUT2D eigenvalue weighted by atomic mass is 10.2. The van der Waals surface area contributed by atoms with Gasteiger partial charge in [-0.3, -0.25) is 0 Å². The van der Waals surface area contributed by atoms with Crippen molar-refractivity contribution < 1.29 is 0 Å². The van der Waals surface area contributed by atoms with Crippen LogP contribution in [0.4, 0.5) is 0 Å². The Kier molecular flexibility index (Phi) is 4.08. The van der Waals surface area contributed by atoms with Gasteiger partial charge in [-0.1, -0.05) is 52.3 Å². The predicted octanol–water partition coefficient (Wildman–Crippen LogP) is 5.05. The second-order valence-electron chi connectivity index (χ2n) is 3.68. The van der Waals surface area contributed by atoms with E-state index in [0.29, 0.717) is 0 Å². The first-order valence-corrected chi connectivity index (χ1v) is 6.96. The maximum absolute atomic E-state index is 3.51. The van der Waals surface area contributed by atoms with Crippen LogP contribution >= 0.6 is 27.7 Å². The van der Waals surface area contributed by atoms with E-state index in [2.05, 4.69) is 71.4 Å². The van der Waals surface area contributed by atoms with Gasteiger partial charge in [0, 0.05) is 15.1 Å². The molecule has 0 atom stereocenters. The van der Waals surface area contributed by atoms with E-state index in [4.69, 9.17) is 0 Å². The van der Waals surface area contributed by atoms with Gasteiger partial charge in [-0.15, -0.1) is 11.8 Å². The molecule has 2 aromatic carbocycles. The molecule has 0 bridgehead atoms. The molecule has 0 aliphatic carbocycles. The lowest BCUT2D eigenvalue weighted by molar-refractivity contribution is 1.28. The summed E-state index contributed by atoms with van der Waals surface area (Å²) in [6.45, 7) is 2.15. The number of hydrogen-bond donors (Lipinski definition) is 0. The van der Waals surface area contributed by atoms with Gasteiger partial charge in [0.05, 0.1) is 0 Å². The normalized spacial score (nSPS) is 10.4. The Labute approximate surface area is 109 Å². The molecule has 0 heterocycles. The lowest BCUT2D eigenvalue weighted by Crippen LogP contribution is -1.82. The molecule has 0 unspecified atom stereocenters. The van der Waals surface area contributed by atoms with E-state index in [-0.39, 0.29) is 0 Å². The monoisotopic (exact) mass is 292 g/mol. The van der Waals surface area contributed by atoms with E-state index < -0.39 is 0 Å². The van der Waals surface area contributed by atoms with Crippen LogP contribution in [0.1, 0.15) is 11.1 Å². The summed E-state index contributed by atoms with van der Waals surface area (Å²) in [4.78, 5) is 1.35. The predicted molar refractivity (Wildman–Crippen MR) is 74.9 cm³/mol. The highest BCUT2D eigenvalue weighted by molar-refractivity contribution is 9.10. The molecule has 0 amide bonds. The van der Waals surface area contributed by atoms with Gasteiger partial charge in [0.2, 0.25) is 0 Å². The number of halogens is 1. The molecule has 0 spiro atoms. The Morgan fingerprint density at radius 2 is 1.81 bits per heavy atom. The third kappa shape index (κ3) is 3.13. The van der Waals surface area contributed by atoms with Crippen LogP contribution in [0.5, 0.6) is 0 Å². The lowest BCUT2D eigenvalue weighted by Gasteiger charge is -2.06. The minimum absolute atomic E-state index is 1.03. The molecule has 0 N–H and O–H groups in total. The van der Waals surface area contributed by atoms with Crippen LogP contribution in [0.15, 0.2) is 57.9 Å². The Morgan fingerprint density at radius 3 is 2.56 bits per heavy atom. The smallest absolute Gasteiger partial charge is 0.0232 e. The zero-order valence-electron chi connectivity index (χ0n) is 9.11. The molecule has 2 rings (SSSR count). The van der Waals surface area contributed by atoms with E-state index in [1.165, 1.54) is 16.0 Å².